The highest BCUT2D eigenvalue weighted by Crippen LogP contribution is 2.12. The van der Waals surface area contributed by atoms with Gasteiger partial charge in [0.2, 0.25) is 0 Å². The van der Waals surface area contributed by atoms with E-state index in [1.54, 1.807) is 11.3 Å². The molecular formula is C12H21N3S. The van der Waals surface area contributed by atoms with E-state index in [4.69, 9.17) is 0 Å². The summed E-state index contributed by atoms with van der Waals surface area (Å²) < 4.78 is 0. The average molecular weight is 239 g/mol. The van der Waals surface area contributed by atoms with Gasteiger partial charge < -0.3 is 10.2 Å². The number of aromatic nitrogens is 1. The van der Waals surface area contributed by atoms with E-state index >= 15 is 0 Å². The zero-order valence-corrected chi connectivity index (χ0v) is 11.0. The van der Waals surface area contributed by atoms with Crippen molar-refractivity contribution in [3.05, 3.63) is 16.1 Å². The third-order valence-corrected chi connectivity index (χ3v) is 4.09. The lowest BCUT2D eigenvalue weighted by atomic mass is 10.1. The maximum absolute atomic E-state index is 4.51. The Morgan fingerprint density at radius 2 is 2.50 bits per heavy atom. The number of hydrogen-bond acceptors (Lipinski definition) is 4. The van der Waals surface area contributed by atoms with Crippen molar-refractivity contribution in [1.29, 1.82) is 0 Å². The molecule has 1 aliphatic rings. The van der Waals surface area contributed by atoms with E-state index in [1.165, 1.54) is 36.6 Å². The first-order valence-electron chi connectivity index (χ1n) is 6.08. The number of thiazole rings is 1. The summed E-state index contributed by atoms with van der Waals surface area (Å²) in [6.07, 6.45) is 3.74. The van der Waals surface area contributed by atoms with Crippen molar-refractivity contribution in [2.75, 3.05) is 26.7 Å². The Morgan fingerprint density at radius 1 is 1.62 bits per heavy atom. The predicted molar refractivity (Wildman–Crippen MR) is 69.1 cm³/mol. The van der Waals surface area contributed by atoms with Crippen LogP contribution in [0.2, 0.25) is 0 Å². The van der Waals surface area contributed by atoms with Gasteiger partial charge in [-0.05, 0) is 33.4 Å². The molecule has 0 bridgehead atoms. The minimum Gasteiger partial charge on any atom is -0.316 e. The number of nitrogens with one attached hydrogen (secondary N) is 1. The largest absolute Gasteiger partial charge is 0.316 e. The third kappa shape index (κ3) is 3.27. The van der Waals surface area contributed by atoms with E-state index in [-0.39, 0.29) is 0 Å². The molecule has 1 unspecified atom stereocenters. The summed E-state index contributed by atoms with van der Waals surface area (Å²) >= 11 is 1.75. The molecule has 1 aromatic rings. The molecule has 0 radical (unpaired) electrons. The number of likely N-dealkylation sites (tertiary alicyclic amines) is 1. The number of likely N-dealkylation sites (N-methyl/N-ethyl adjacent to an activating group) is 1. The van der Waals surface area contributed by atoms with Gasteiger partial charge in [0.25, 0.3) is 0 Å². The summed E-state index contributed by atoms with van der Waals surface area (Å²) in [7, 11) is 2.07. The molecule has 0 amide bonds. The number of hydrogen-bond donors (Lipinski definition) is 1. The fourth-order valence-electron chi connectivity index (χ4n) is 2.29. The molecule has 1 aliphatic heterocycles. The molecule has 1 aromatic heterocycles. The van der Waals surface area contributed by atoms with E-state index in [2.05, 4.69) is 34.6 Å². The second-order valence-corrected chi connectivity index (χ2v) is 5.60. The molecule has 0 aliphatic carbocycles. The monoisotopic (exact) mass is 239 g/mol. The summed E-state index contributed by atoms with van der Waals surface area (Å²) in [4.78, 5) is 7.07. The fraction of sp³-hybridized carbons (Fsp3) is 0.750. The molecule has 3 nitrogen and oxygen atoms in total. The van der Waals surface area contributed by atoms with Crippen LogP contribution < -0.4 is 5.32 Å². The van der Waals surface area contributed by atoms with Crippen LogP contribution in [0, 0.1) is 6.92 Å². The summed E-state index contributed by atoms with van der Waals surface area (Å²) in [5, 5.41) is 6.75. The summed E-state index contributed by atoms with van der Waals surface area (Å²) in [6, 6.07) is 0.686. The van der Waals surface area contributed by atoms with Gasteiger partial charge in [0, 0.05) is 30.9 Å². The quantitative estimate of drug-likeness (QED) is 0.866. The Balaban J connectivity index is 1.77. The molecule has 90 valence electrons. The molecule has 2 rings (SSSR count). The number of piperidine rings is 1. The number of nitrogens with zero attached hydrogens (tertiary/aromatic N) is 2. The zero-order valence-electron chi connectivity index (χ0n) is 10.2. The first-order chi connectivity index (χ1) is 7.78. The summed E-state index contributed by atoms with van der Waals surface area (Å²) in [5.41, 5.74) is 1.26. The van der Waals surface area contributed by atoms with Gasteiger partial charge in [0.15, 0.2) is 0 Å². The van der Waals surface area contributed by atoms with Crippen molar-refractivity contribution in [3.8, 4) is 0 Å². The lowest BCUT2D eigenvalue weighted by Crippen LogP contribution is -2.44. The SMILES string of the molecule is CNC1CCCN(CCc2csc(C)n2)C1. The van der Waals surface area contributed by atoms with Gasteiger partial charge in [-0.2, -0.15) is 0 Å². The Morgan fingerprint density at radius 3 is 3.19 bits per heavy atom. The van der Waals surface area contributed by atoms with Crippen LogP contribution in [-0.4, -0.2) is 42.6 Å². The van der Waals surface area contributed by atoms with Gasteiger partial charge in [-0.3, -0.25) is 0 Å². The molecule has 1 N–H and O–H groups in total. The van der Waals surface area contributed by atoms with Gasteiger partial charge in [0.05, 0.1) is 10.7 Å². The molecule has 0 aromatic carbocycles. The smallest absolute Gasteiger partial charge is 0.0897 e. The van der Waals surface area contributed by atoms with Crippen molar-refractivity contribution in [3.63, 3.8) is 0 Å². The Labute approximate surface area is 102 Å². The van der Waals surface area contributed by atoms with E-state index in [9.17, 15) is 0 Å². The number of rotatable bonds is 4. The van der Waals surface area contributed by atoms with Gasteiger partial charge in [-0.1, -0.05) is 0 Å². The van der Waals surface area contributed by atoms with E-state index in [0.29, 0.717) is 6.04 Å². The molecule has 1 atom stereocenters. The molecule has 2 heterocycles. The van der Waals surface area contributed by atoms with Crippen molar-refractivity contribution >= 4 is 11.3 Å². The molecular weight excluding hydrogens is 218 g/mol. The molecule has 0 saturated carbocycles. The zero-order chi connectivity index (χ0) is 11.4. The third-order valence-electron chi connectivity index (χ3n) is 3.26. The lowest BCUT2D eigenvalue weighted by Gasteiger charge is -2.32. The highest BCUT2D eigenvalue weighted by molar-refractivity contribution is 7.09. The minimum absolute atomic E-state index is 0.686. The normalized spacial score (nSPS) is 22.5. The highest BCUT2D eigenvalue weighted by atomic mass is 32.1. The number of aryl methyl sites for hydroxylation is 1. The van der Waals surface area contributed by atoms with Crippen molar-refractivity contribution < 1.29 is 0 Å². The standard InChI is InChI=1S/C12H21N3S/c1-10-14-12(9-16-10)5-7-15-6-3-4-11(8-15)13-2/h9,11,13H,3-8H2,1-2H3. The maximum atomic E-state index is 4.51. The van der Waals surface area contributed by atoms with Gasteiger partial charge >= 0.3 is 0 Å². The van der Waals surface area contributed by atoms with Crippen molar-refractivity contribution in [1.82, 2.24) is 15.2 Å². The predicted octanol–water partition coefficient (Wildman–Crippen LogP) is 1.68. The first-order valence-corrected chi connectivity index (χ1v) is 6.96. The molecule has 1 saturated heterocycles. The van der Waals surface area contributed by atoms with Crippen LogP contribution in [0.25, 0.3) is 0 Å². The van der Waals surface area contributed by atoms with Crippen LogP contribution in [0.3, 0.4) is 0 Å². The van der Waals surface area contributed by atoms with Crippen LogP contribution in [0.5, 0.6) is 0 Å². The first kappa shape index (κ1) is 12.0. The summed E-state index contributed by atoms with van der Waals surface area (Å²) in [6.45, 7) is 5.67. The lowest BCUT2D eigenvalue weighted by molar-refractivity contribution is 0.197. The van der Waals surface area contributed by atoms with Crippen LogP contribution in [0.4, 0.5) is 0 Å². The van der Waals surface area contributed by atoms with Crippen LogP contribution >= 0.6 is 11.3 Å². The molecule has 4 heteroatoms. The van der Waals surface area contributed by atoms with Crippen LogP contribution in [-0.2, 0) is 6.42 Å². The molecule has 0 spiro atoms. The molecule has 16 heavy (non-hydrogen) atoms. The Bertz CT molecular complexity index is 324. The van der Waals surface area contributed by atoms with Gasteiger partial charge in [0.1, 0.15) is 0 Å². The second-order valence-electron chi connectivity index (χ2n) is 4.54. The van der Waals surface area contributed by atoms with Crippen LogP contribution in [0.15, 0.2) is 5.38 Å². The van der Waals surface area contributed by atoms with Crippen molar-refractivity contribution in [2.45, 2.75) is 32.2 Å². The van der Waals surface area contributed by atoms with E-state index in [1.807, 2.05) is 0 Å². The maximum Gasteiger partial charge on any atom is 0.0897 e. The molecule has 1 fully saturated rings. The fourth-order valence-corrected chi connectivity index (χ4v) is 2.94. The van der Waals surface area contributed by atoms with Crippen LogP contribution in [0.1, 0.15) is 23.5 Å². The van der Waals surface area contributed by atoms with Crippen molar-refractivity contribution in [2.24, 2.45) is 0 Å². The topological polar surface area (TPSA) is 28.2 Å². The minimum atomic E-state index is 0.686. The van der Waals surface area contributed by atoms with Gasteiger partial charge in [-0.25, -0.2) is 4.98 Å². The second kappa shape index (κ2) is 5.75. The Kier molecular flexibility index (Phi) is 4.32. The van der Waals surface area contributed by atoms with E-state index < -0.39 is 0 Å². The highest BCUT2D eigenvalue weighted by Gasteiger charge is 2.17. The summed E-state index contributed by atoms with van der Waals surface area (Å²) in [5.74, 6) is 0. The van der Waals surface area contributed by atoms with E-state index in [0.717, 1.165) is 13.0 Å². The van der Waals surface area contributed by atoms with Gasteiger partial charge in [-0.15, -0.1) is 11.3 Å². The Hall–Kier alpha value is -0.450. The average Bonchev–Trinajstić information content (AvgIpc) is 2.73.